The van der Waals surface area contributed by atoms with Gasteiger partial charge in [0, 0.05) is 12.0 Å². The summed E-state index contributed by atoms with van der Waals surface area (Å²) in [7, 11) is 0. The van der Waals surface area contributed by atoms with E-state index in [1.54, 1.807) is 0 Å². The Morgan fingerprint density at radius 1 is 1.11 bits per heavy atom. The lowest BCUT2D eigenvalue weighted by Crippen LogP contribution is -2.31. The van der Waals surface area contributed by atoms with Crippen molar-refractivity contribution in [2.75, 3.05) is 13.1 Å². The molecule has 0 radical (unpaired) electrons. The van der Waals surface area contributed by atoms with Crippen LogP contribution in [-0.4, -0.2) is 13.1 Å². The molecule has 0 aromatic heterocycles. The van der Waals surface area contributed by atoms with Gasteiger partial charge >= 0.3 is 0 Å². The van der Waals surface area contributed by atoms with Gasteiger partial charge in [-0.25, -0.2) is 17.6 Å². The molecule has 0 unspecified atom stereocenters. The van der Waals surface area contributed by atoms with Crippen LogP contribution in [0.1, 0.15) is 24.8 Å². The number of halogens is 4. The van der Waals surface area contributed by atoms with Crippen LogP contribution in [0, 0.1) is 17.6 Å². The maximum absolute atomic E-state index is 13.9. The lowest BCUT2D eigenvalue weighted by Gasteiger charge is -2.27. The van der Waals surface area contributed by atoms with Crippen LogP contribution in [0.2, 0.25) is 0 Å². The van der Waals surface area contributed by atoms with Gasteiger partial charge in [0.1, 0.15) is 0 Å². The third-order valence-electron chi connectivity index (χ3n) is 3.35. The fourth-order valence-electron chi connectivity index (χ4n) is 2.29. The van der Waals surface area contributed by atoms with E-state index in [1.807, 2.05) is 0 Å². The number of nitrogens with one attached hydrogen (secondary N) is 1. The Hall–Kier alpha value is -1.10. The third kappa shape index (κ3) is 3.02. The van der Waals surface area contributed by atoms with Gasteiger partial charge in [-0.2, -0.15) is 0 Å². The van der Waals surface area contributed by atoms with Crippen LogP contribution < -0.4 is 5.32 Å². The van der Waals surface area contributed by atoms with E-state index >= 15 is 0 Å². The van der Waals surface area contributed by atoms with Crippen molar-refractivity contribution in [1.82, 2.24) is 5.32 Å². The molecular formula is C13H15F4N. The van der Waals surface area contributed by atoms with Crippen molar-refractivity contribution < 1.29 is 17.6 Å². The number of alkyl halides is 2. The maximum Gasteiger partial charge on any atom is 0.273 e. The molecule has 1 aromatic rings. The highest BCUT2D eigenvalue weighted by atomic mass is 19.3. The highest BCUT2D eigenvalue weighted by molar-refractivity contribution is 5.22. The zero-order valence-corrected chi connectivity index (χ0v) is 9.86. The minimum atomic E-state index is -3.10. The van der Waals surface area contributed by atoms with E-state index in [4.69, 9.17) is 0 Å². The van der Waals surface area contributed by atoms with Gasteiger partial charge < -0.3 is 5.32 Å². The molecule has 0 saturated carbocycles. The molecule has 1 fully saturated rings. The SMILES string of the molecule is Fc1ccc(C(F)(F)CC2CCNCC2)cc1F. The molecule has 18 heavy (non-hydrogen) atoms. The molecule has 100 valence electrons. The normalized spacial score (nSPS) is 18.0. The number of hydrogen-bond acceptors (Lipinski definition) is 1. The predicted octanol–water partition coefficient (Wildman–Crippen LogP) is 3.45. The van der Waals surface area contributed by atoms with Gasteiger partial charge in [0.15, 0.2) is 11.6 Å². The number of rotatable bonds is 3. The fourth-order valence-corrected chi connectivity index (χ4v) is 2.29. The summed E-state index contributed by atoms with van der Waals surface area (Å²) >= 11 is 0. The first-order valence-electron chi connectivity index (χ1n) is 6.03. The van der Waals surface area contributed by atoms with Crippen LogP contribution in [0.15, 0.2) is 18.2 Å². The zero-order valence-electron chi connectivity index (χ0n) is 9.86. The Bertz CT molecular complexity index is 413. The van der Waals surface area contributed by atoms with Crippen LogP contribution in [-0.2, 0) is 5.92 Å². The van der Waals surface area contributed by atoms with E-state index in [0.717, 1.165) is 25.2 Å². The van der Waals surface area contributed by atoms with Gasteiger partial charge in [-0.1, -0.05) is 0 Å². The van der Waals surface area contributed by atoms with Crippen molar-refractivity contribution in [3.05, 3.63) is 35.4 Å². The van der Waals surface area contributed by atoms with Crippen molar-refractivity contribution >= 4 is 0 Å². The highest BCUT2D eigenvalue weighted by Crippen LogP contribution is 2.37. The average Bonchev–Trinajstić information content (AvgIpc) is 2.33. The fraction of sp³-hybridized carbons (Fsp3) is 0.538. The molecule has 1 N–H and O–H groups in total. The first kappa shape index (κ1) is 13.3. The molecule has 1 nitrogen and oxygen atoms in total. The first-order valence-corrected chi connectivity index (χ1v) is 6.03. The monoisotopic (exact) mass is 261 g/mol. The summed E-state index contributed by atoms with van der Waals surface area (Å²) in [6.07, 6.45) is 1.08. The molecule has 1 aliphatic rings. The Labute approximate surface area is 103 Å². The summed E-state index contributed by atoms with van der Waals surface area (Å²) in [5.41, 5.74) is -0.445. The van der Waals surface area contributed by atoms with Gasteiger partial charge in [0.05, 0.1) is 0 Å². The predicted molar refractivity (Wildman–Crippen MR) is 60.5 cm³/mol. The van der Waals surface area contributed by atoms with Gasteiger partial charge in [0.2, 0.25) is 0 Å². The molecule has 0 amide bonds. The van der Waals surface area contributed by atoms with E-state index < -0.39 is 23.1 Å². The van der Waals surface area contributed by atoms with E-state index in [2.05, 4.69) is 5.32 Å². The number of piperidine rings is 1. The summed E-state index contributed by atoms with van der Waals surface area (Å²) in [5, 5.41) is 3.10. The van der Waals surface area contributed by atoms with E-state index in [-0.39, 0.29) is 12.3 Å². The maximum atomic E-state index is 13.9. The Morgan fingerprint density at radius 3 is 2.39 bits per heavy atom. The summed E-state index contributed by atoms with van der Waals surface area (Å²) in [6, 6.07) is 2.30. The topological polar surface area (TPSA) is 12.0 Å². The molecule has 5 heteroatoms. The molecule has 2 rings (SSSR count). The van der Waals surface area contributed by atoms with Crippen molar-refractivity contribution in [3.8, 4) is 0 Å². The second-order valence-electron chi connectivity index (χ2n) is 4.73. The first-order chi connectivity index (χ1) is 8.49. The molecule has 1 saturated heterocycles. The standard InChI is InChI=1S/C13H15F4N/c14-11-2-1-10(7-12(11)15)13(16,17)8-9-3-5-18-6-4-9/h1-2,7,9,18H,3-6,8H2. The lowest BCUT2D eigenvalue weighted by molar-refractivity contribution is -0.0329. The summed E-state index contributed by atoms with van der Waals surface area (Å²) in [5.74, 6) is -5.50. The molecule has 0 spiro atoms. The summed E-state index contributed by atoms with van der Waals surface area (Å²) in [6.45, 7) is 1.47. The minimum Gasteiger partial charge on any atom is -0.317 e. The van der Waals surface area contributed by atoms with Crippen LogP contribution in [0.4, 0.5) is 17.6 Å². The number of benzene rings is 1. The van der Waals surface area contributed by atoms with Gasteiger partial charge in [-0.15, -0.1) is 0 Å². The van der Waals surface area contributed by atoms with E-state index in [0.29, 0.717) is 18.9 Å². The quantitative estimate of drug-likeness (QED) is 0.822. The van der Waals surface area contributed by atoms with Crippen LogP contribution in [0.5, 0.6) is 0 Å². The van der Waals surface area contributed by atoms with Crippen molar-refractivity contribution in [2.45, 2.75) is 25.2 Å². The molecule has 0 bridgehead atoms. The minimum absolute atomic E-state index is 0.0747. The second-order valence-corrected chi connectivity index (χ2v) is 4.73. The highest BCUT2D eigenvalue weighted by Gasteiger charge is 2.35. The van der Waals surface area contributed by atoms with E-state index in [9.17, 15) is 17.6 Å². The third-order valence-corrected chi connectivity index (χ3v) is 3.35. The lowest BCUT2D eigenvalue weighted by atomic mass is 9.89. The molecule has 1 heterocycles. The van der Waals surface area contributed by atoms with Gasteiger partial charge in [0.25, 0.3) is 5.92 Å². The largest absolute Gasteiger partial charge is 0.317 e. The summed E-state index contributed by atoms with van der Waals surface area (Å²) in [4.78, 5) is 0. The molecule has 1 aromatic carbocycles. The second kappa shape index (κ2) is 5.26. The van der Waals surface area contributed by atoms with Crippen molar-refractivity contribution in [3.63, 3.8) is 0 Å². The van der Waals surface area contributed by atoms with Crippen LogP contribution in [0.25, 0.3) is 0 Å². The Balaban J connectivity index is 2.10. The van der Waals surface area contributed by atoms with E-state index in [1.165, 1.54) is 0 Å². The Morgan fingerprint density at radius 2 is 1.78 bits per heavy atom. The molecule has 0 atom stereocenters. The van der Waals surface area contributed by atoms with Gasteiger partial charge in [-0.05, 0) is 50.0 Å². The smallest absolute Gasteiger partial charge is 0.273 e. The van der Waals surface area contributed by atoms with Gasteiger partial charge in [-0.3, -0.25) is 0 Å². The molecular weight excluding hydrogens is 246 g/mol. The van der Waals surface area contributed by atoms with Crippen molar-refractivity contribution in [2.24, 2.45) is 5.92 Å². The Kier molecular flexibility index (Phi) is 3.90. The molecule has 1 aliphatic heterocycles. The van der Waals surface area contributed by atoms with Crippen molar-refractivity contribution in [1.29, 1.82) is 0 Å². The van der Waals surface area contributed by atoms with Crippen LogP contribution in [0.3, 0.4) is 0 Å². The summed E-state index contributed by atoms with van der Waals surface area (Å²) < 4.78 is 53.6. The van der Waals surface area contributed by atoms with Crippen LogP contribution >= 0.6 is 0 Å². The zero-order chi connectivity index (χ0) is 13.2. The average molecular weight is 261 g/mol. The number of hydrogen-bond donors (Lipinski definition) is 1. The molecule has 0 aliphatic carbocycles.